The zero-order chi connectivity index (χ0) is 15.1. The van der Waals surface area contributed by atoms with Crippen molar-refractivity contribution >= 4 is 11.6 Å². The van der Waals surface area contributed by atoms with Gasteiger partial charge >= 0.3 is 0 Å². The highest BCUT2D eigenvalue weighted by Gasteiger charge is 2.12. The number of guanidine groups is 1. The van der Waals surface area contributed by atoms with Crippen LogP contribution in [0.3, 0.4) is 0 Å². The first-order chi connectivity index (χ1) is 10.1. The van der Waals surface area contributed by atoms with E-state index in [9.17, 15) is 0 Å². The Morgan fingerprint density at radius 1 is 1.14 bits per heavy atom. The standard InChI is InChI=1S/C17H28N4/c1-21(2)16-11-9-14(10-12-16)13-19-17(18)20-15-7-5-3-4-6-8-15/h9-12,15H,3-8,13H2,1-2H3,(H3,18,19,20). The first kappa shape index (κ1) is 15.7. The normalized spacial score (nSPS) is 17.3. The molecule has 116 valence electrons. The minimum atomic E-state index is 0.507. The van der Waals surface area contributed by atoms with Crippen molar-refractivity contribution in [1.29, 1.82) is 0 Å². The van der Waals surface area contributed by atoms with E-state index in [4.69, 9.17) is 5.73 Å². The molecule has 0 heterocycles. The molecule has 0 saturated heterocycles. The maximum Gasteiger partial charge on any atom is 0.189 e. The summed E-state index contributed by atoms with van der Waals surface area (Å²) in [5.74, 6) is 0.582. The quantitative estimate of drug-likeness (QED) is 0.509. The van der Waals surface area contributed by atoms with Crippen LogP contribution in [0.5, 0.6) is 0 Å². The van der Waals surface area contributed by atoms with Gasteiger partial charge in [0.25, 0.3) is 0 Å². The second-order valence-electron chi connectivity index (χ2n) is 6.10. The third-order valence-corrected chi connectivity index (χ3v) is 4.09. The first-order valence-corrected chi connectivity index (χ1v) is 7.98. The molecule has 0 aliphatic heterocycles. The largest absolute Gasteiger partial charge is 0.378 e. The molecule has 21 heavy (non-hydrogen) atoms. The topological polar surface area (TPSA) is 53.6 Å². The van der Waals surface area contributed by atoms with Crippen LogP contribution in [0.2, 0.25) is 0 Å². The summed E-state index contributed by atoms with van der Waals surface area (Å²) in [5.41, 5.74) is 8.40. The Morgan fingerprint density at radius 3 is 2.33 bits per heavy atom. The second kappa shape index (κ2) is 7.91. The summed E-state index contributed by atoms with van der Waals surface area (Å²) in [5, 5.41) is 3.38. The summed E-state index contributed by atoms with van der Waals surface area (Å²) in [6.07, 6.45) is 7.75. The van der Waals surface area contributed by atoms with Crippen LogP contribution in [-0.4, -0.2) is 26.1 Å². The Labute approximate surface area is 128 Å². The maximum absolute atomic E-state index is 6.01. The highest BCUT2D eigenvalue weighted by molar-refractivity contribution is 5.78. The van der Waals surface area contributed by atoms with Crippen LogP contribution in [0.1, 0.15) is 44.1 Å². The number of benzene rings is 1. The zero-order valence-corrected chi connectivity index (χ0v) is 13.3. The molecule has 2 rings (SSSR count). The highest BCUT2D eigenvalue weighted by Crippen LogP contribution is 2.17. The zero-order valence-electron chi connectivity index (χ0n) is 13.3. The van der Waals surface area contributed by atoms with E-state index in [-0.39, 0.29) is 0 Å². The fourth-order valence-electron chi connectivity index (χ4n) is 2.75. The number of hydrogen-bond donors (Lipinski definition) is 2. The van der Waals surface area contributed by atoms with Gasteiger partial charge in [-0.3, -0.25) is 0 Å². The fourth-order valence-corrected chi connectivity index (χ4v) is 2.75. The molecule has 0 aromatic heterocycles. The van der Waals surface area contributed by atoms with Gasteiger partial charge in [0.05, 0.1) is 6.54 Å². The molecule has 0 unspecified atom stereocenters. The van der Waals surface area contributed by atoms with Gasteiger partial charge in [-0.2, -0.15) is 0 Å². The van der Waals surface area contributed by atoms with Crippen molar-refractivity contribution in [2.24, 2.45) is 10.7 Å². The molecule has 0 bridgehead atoms. The highest BCUT2D eigenvalue weighted by atomic mass is 15.1. The van der Waals surface area contributed by atoms with Crippen LogP contribution in [0.25, 0.3) is 0 Å². The van der Waals surface area contributed by atoms with E-state index in [1.165, 1.54) is 49.8 Å². The molecular weight excluding hydrogens is 260 g/mol. The van der Waals surface area contributed by atoms with Crippen molar-refractivity contribution in [3.05, 3.63) is 29.8 Å². The molecule has 0 atom stereocenters. The van der Waals surface area contributed by atoms with Crippen LogP contribution >= 0.6 is 0 Å². The summed E-state index contributed by atoms with van der Waals surface area (Å²) in [6.45, 7) is 0.638. The molecule has 0 amide bonds. The van der Waals surface area contributed by atoms with E-state index in [0.29, 0.717) is 18.5 Å². The Morgan fingerprint density at radius 2 is 1.76 bits per heavy atom. The lowest BCUT2D eigenvalue weighted by Crippen LogP contribution is -2.39. The van der Waals surface area contributed by atoms with E-state index in [2.05, 4.69) is 39.5 Å². The number of nitrogens with zero attached hydrogens (tertiary/aromatic N) is 2. The molecule has 1 aliphatic carbocycles. The van der Waals surface area contributed by atoms with Crippen LogP contribution < -0.4 is 16.0 Å². The monoisotopic (exact) mass is 288 g/mol. The average Bonchev–Trinajstić information content (AvgIpc) is 2.74. The van der Waals surface area contributed by atoms with E-state index >= 15 is 0 Å². The molecule has 0 radical (unpaired) electrons. The first-order valence-electron chi connectivity index (χ1n) is 7.98. The van der Waals surface area contributed by atoms with Crippen molar-refractivity contribution in [3.8, 4) is 0 Å². The molecule has 4 nitrogen and oxygen atoms in total. The SMILES string of the molecule is CN(C)c1ccc(CN=C(N)NC2CCCCCC2)cc1. The number of rotatable bonds is 4. The van der Waals surface area contributed by atoms with Crippen molar-refractivity contribution in [3.63, 3.8) is 0 Å². The molecule has 0 spiro atoms. The van der Waals surface area contributed by atoms with Gasteiger partial charge in [-0.25, -0.2) is 4.99 Å². The fraction of sp³-hybridized carbons (Fsp3) is 0.588. The average molecular weight is 288 g/mol. The predicted molar refractivity (Wildman–Crippen MR) is 90.7 cm³/mol. The van der Waals surface area contributed by atoms with Gasteiger partial charge < -0.3 is 16.0 Å². The second-order valence-corrected chi connectivity index (χ2v) is 6.10. The van der Waals surface area contributed by atoms with Crippen molar-refractivity contribution in [1.82, 2.24) is 5.32 Å². The Kier molecular flexibility index (Phi) is 5.90. The van der Waals surface area contributed by atoms with Gasteiger partial charge in [0.2, 0.25) is 0 Å². The number of hydrogen-bond acceptors (Lipinski definition) is 2. The summed E-state index contributed by atoms with van der Waals surface area (Å²) < 4.78 is 0. The van der Waals surface area contributed by atoms with E-state index in [1.807, 2.05) is 14.1 Å². The molecule has 1 fully saturated rings. The Balaban J connectivity index is 1.84. The lowest BCUT2D eigenvalue weighted by molar-refractivity contribution is 0.530. The third-order valence-electron chi connectivity index (χ3n) is 4.09. The summed E-state index contributed by atoms with van der Waals surface area (Å²) in [6, 6.07) is 8.95. The van der Waals surface area contributed by atoms with Crippen molar-refractivity contribution < 1.29 is 0 Å². The van der Waals surface area contributed by atoms with Crippen LogP contribution in [0.4, 0.5) is 5.69 Å². The summed E-state index contributed by atoms with van der Waals surface area (Å²) in [7, 11) is 4.09. The van der Waals surface area contributed by atoms with Gasteiger partial charge in [-0.05, 0) is 30.5 Å². The number of nitrogens with two attached hydrogens (primary N) is 1. The third kappa shape index (κ3) is 5.29. The van der Waals surface area contributed by atoms with Crippen LogP contribution in [0.15, 0.2) is 29.3 Å². The predicted octanol–water partition coefficient (Wildman–Crippen LogP) is 2.88. The van der Waals surface area contributed by atoms with E-state index in [0.717, 1.165) is 0 Å². The van der Waals surface area contributed by atoms with Crippen molar-refractivity contribution in [2.75, 3.05) is 19.0 Å². The molecule has 1 aromatic rings. The molecule has 1 aromatic carbocycles. The Hall–Kier alpha value is -1.71. The van der Waals surface area contributed by atoms with Crippen LogP contribution in [-0.2, 0) is 6.54 Å². The van der Waals surface area contributed by atoms with Crippen molar-refractivity contribution in [2.45, 2.75) is 51.1 Å². The van der Waals surface area contributed by atoms with Gasteiger partial charge in [0, 0.05) is 25.8 Å². The lowest BCUT2D eigenvalue weighted by atomic mass is 10.1. The van der Waals surface area contributed by atoms with Gasteiger partial charge in [0.15, 0.2) is 5.96 Å². The lowest BCUT2D eigenvalue weighted by Gasteiger charge is -2.16. The number of aliphatic imine (C=N–C) groups is 1. The molecule has 3 N–H and O–H groups in total. The minimum absolute atomic E-state index is 0.507. The van der Waals surface area contributed by atoms with Gasteiger partial charge in [0.1, 0.15) is 0 Å². The Bertz CT molecular complexity index is 442. The minimum Gasteiger partial charge on any atom is -0.378 e. The smallest absolute Gasteiger partial charge is 0.189 e. The molecule has 1 saturated carbocycles. The van der Waals surface area contributed by atoms with Crippen LogP contribution in [0, 0.1) is 0 Å². The molecule has 1 aliphatic rings. The molecular formula is C17H28N4. The number of anilines is 1. The molecule has 4 heteroatoms. The summed E-state index contributed by atoms with van der Waals surface area (Å²) >= 11 is 0. The van der Waals surface area contributed by atoms with Gasteiger partial charge in [-0.1, -0.05) is 37.8 Å². The van der Waals surface area contributed by atoms with E-state index in [1.54, 1.807) is 0 Å². The number of nitrogens with one attached hydrogen (secondary N) is 1. The van der Waals surface area contributed by atoms with E-state index < -0.39 is 0 Å². The summed E-state index contributed by atoms with van der Waals surface area (Å²) in [4.78, 5) is 6.56. The van der Waals surface area contributed by atoms with Gasteiger partial charge in [-0.15, -0.1) is 0 Å². The maximum atomic E-state index is 6.01.